The van der Waals surface area contributed by atoms with E-state index in [1.54, 1.807) is 0 Å². The molecule has 0 radical (unpaired) electrons. The summed E-state index contributed by atoms with van der Waals surface area (Å²) in [5.74, 6) is 1.88. The van der Waals surface area contributed by atoms with Gasteiger partial charge in [0.2, 0.25) is 0 Å². The summed E-state index contributed by atoms with van der Waals surface area (Å²) >= 11 is 0. The zero-order valence-electron chi connectivity index (χ0n) is 12.6. The molecule has 0 aromatic rings. The van der Waals surface area contributed by atoms with Crippen LogP contribution in [0.3, 0.4) is 0 Å². The van der Waals surface area contributed by atoms with Crippen molar-refractivity contribution in [2.75, 3.05) is 0 Å². The highest BCUT2D eigenvalue weighted by Crippen LogP contribution is 2.29. The van der Waals surface area contributed by atoms with Gasteiger partial charge in [0.25, 0.3) is 0 Å². The van der Waals surface area contributed by atoms with E-state index in [4.69, 9.17) is 0 Å². The lowest BCUT2D eigenvalue weighted by atomic mass is 9.89. The molecule has 1 nitrogen and oxygen atoms in total. The Bertz CT molecular complexity index is 216. The SMILES string of the molecule is CC(C)C1CCCC(NC2CCCCCC2)CC1. The first-order valence-electron chi connectivity index (χ1n) is 8.51. The molecule has 106 valence electrons. The van der Waals surface area contributed by atoms with E-state index in [1.165, 1.54) is 70.6 Å². The van der Waals surface area contributed by atoms with Crippen LogP contribution in [0, 0.1) is 11.8 Å². The molecule has 0 bridgehead atoms. The third-order valence-corrected chi connectivity index (χ3v) is 5.28. The molecule has 0 aliphatic heterocycles. The molecular weight excluding hydrogens is 218 g/mol. The third-order valence-electron chi connectivity index (χ3n) is 5.28. The van der Waals surface area contributed by atoms with Gasteiger partial charge >= 0.3 is 0 Å². The maximum atomic E-state index is 4.00. The van der Waals surface area contributed by atoms with E-state index in [1.807, 2.05) is 0 Å². The Morgan fingerprint density at radius 2 is 1.28 bits per heavy atom. The Morgan fingerprint density at radius 3 is 1.94 bits per heavy atom. The fraction of sp³-hybridized carbons (Fsp3) is 1.00. The minimum atomic E-state index is 0.830. The van der Waals surface area contributed by atoms with Crippen LogP contribution in [0.2, 0.25) is 0 Å². The van der Waals surface area contributed by atoms with E-state index >= 15 is 0 Å². The summed E-state index contributed by atoms with van der Waals surface area (Å²) in [5, 5.41) is 4.00. The summed E-state index contributed by atoms with van der Waals surface area (Å²) in [6, 6.07) is 1.67. The summed E-state index contributed by atoms with van der Waals surface area (Å²) in [6.07, 6.45) is 16.0. The second kappa shape index (κ2) is 7.53. The van der Waals surface area contributed by atoms with E-state index in [2.05, 4.69) is 19.2 Å². The third kappa shape index (κ3) is 4.57. The fourth-order valence-corrected chi connectivity index (χ4v) is 3.94. The highest BCUT2D eigenvalue weighted by molar-refractivity contribution is 4.80. The molecule has 2 atom stereocenters. The van der Waals surface area contributed by atoms with Crippen molar-refractivity contribution < 1.29 is 0 Å². The van der Waals surface area contributed by atoms with Crippen molar-refractivity contribution in [3.63, 3.8) is 0 Å². The first-order chi connectivity index (χ1) is 8.75. The maximum Gasteiger partial charge on any atom is 0.00697 e. The van der Waals surface area contributed by atoms with Gasteiger partial charge in [0.15, 0.2) is 0 Å². The minimum Gasteiger partial charge on any atom is -0.311 e. The molecule has 18 heavy (non-hydrogen) atoms. The van der Waals surface area contributed by atoms with E-state index in [0.29, 0.717) is 0 Å². The van der Waals surface area contributed by atoms with Gasteiger partial charge in [-0.1, -0.05) is 52.4 Å². The van der Waals surface area contributed by atoms with Crippen molar-refractivity contribution in [3.8, 4) is 0 Å². The van der Waals surface area contributed by atoms with Crippen LogP contribution in [0.4, 0.5) is 0 Å². The van der Waals surface area contributed by atoms with E-state index in [9.17, 15) is 0 Å². The Morgan fingerprint density at radius 1 is 0.667 bits per heavy atom. The Balaban J connectivity index is 1.75. The lowest BCUT2D eigenvalue weighted by molar-refractivity contribution is 0.329. The van der Waals surface area contributed by atoms with Gasteiger partial charge in [-0.15, -0.1) is 0 Å². The van der Waals surface area contributed by atoms with Crippen molar-refractivity contribution in [1.82, 2.24) is 5.32 Å². The molecular formula is C17H33N. The van der Waals surface area contributed by atoms with Gasteiger partial charge in [-0.3, -0.25) is 0 Å². The van der Waals surface area contributed by atoms with Crippen molar-refractivity contribution in [1.29, 1.82) is 0 Å². The molecule has 2 fully saturated rings. The number of nitrogens with one attached hydrogen (secondary N) is 1. The number of hydrogen-bond donors (Lipinski definition) is 1. The van der Waals surface area contributed by atoms with Crippen molar-refractivity contribution in [2.24, 2.45) is 11.8 Å². The minimum absolute atomic E-state index is 0.830. The van der Waals surface area contributed by atoms with Crippen LogP contribution >= 0.6 is 0 Å². The smallest absolute Gasteiger partial charge is 0.00697 e. The molecule has 0 aromatic heterocycles. The number of rotatable bonds is 3. The average Bonchev–Trinajstić information content (AvgIpc) is 2.72. The first-order valence-corrected chi connectivity index (χ1v) is 8.51. The maximum absolute atomic E-state index is 4.00. The van der Waals surface area contributed by atoms with Gasteiger partial charge in [0.05, 0.1) is 0 Å². The largest absolute Gasteiger partial charge is 0.311 e. The Labute approximate surface area is 114 Å². The predicted molar refractivity (Wildman–Crippen MR) is 79.8 cm³/mol. The normalized spacial score (nSPS) is 32.2. The monoisotopic (exact) mass is 251 g/mol. The highest BCUT2D eigenvalue weighted by Gasteiger charge is 2.23. The molecule has 0 amide bonds. The molecule has 1 N–H and O–H groups in total. The highest BCUT2D eigenvalue weighted by atomic mass is 14.9. The van der Waals surface area contributed by atoms with Crippen LogP contribution < -0.4 is 5.32 Å². The molecule has 0 spiro atoms. The molecule has 2 rings (SSSR count). The molecule has 2 saturated carbocycles. The van der Waals surface area contributed by atoms with Crippen LogP contribution in [-0.2, 0) is 0 Å². The molecule has 0 saturated heterocycles. The lowest BCUT2D eigenvalue weighted by Crippen LogP contribution is -2.37. The van der Waals surface area contributed by atoms with E-state index in [-0.39, 0.29) is 0 Å². The predicted octanol–water partition coefficient (Wildman–Crippen LogP) is 4.90. The second-order valence-corrected chi connectivity index (χ2v) is 7.06. The van der Waals surface area contributed by atoms with Crippen molar-refractivity contribution in [2.45, 2.75) is 96.6 Å². The van der Waals surface area contributed by atoms with Crippen molar-refractivity contribution in [3.05, 3.63) is 0 Å². The summed E-state index contributed by atoms with van der Waals surface area (Å²) in [4.78, 5) is 0. The van der Waals surface area contributed by atoms with Crippen molar-refractivity contribution >= 4 is 0 Å². The summed E-state index contributed by atoms with van der Waals surface area (Å²) < 4.78 is 0. The summed E-state index contributed by atoms with van der Waals surface area (Å²) in [5.41, 5.74) is 0. The Kier molecular flexibility index (Phi) is 6.01. The lowest BCUT2D eigenvalue weighted by Gasteiger charge is -2.24. The standard InChI is InChI=1S/C17H33N/c1-14(2)15-8-7-11-17(13-12-15)18-16-9-5-3-4-6-10-16/h14-18H,3-13H2,1-2H3. The van der Waals surface area contributed by atoms with Crippen LogP contribution in [0.25, 0.3) is 0 Å². The molecule has 1 heteroatoms. The number of hydrogen-bond acceptors (Lipinski definition) is 1. The van der Waals surface area contributed by atoms with Gasteiger partial charge in [-0.25, -0.2) is 0 Å². The van der Waals surface area contributed by atoms with Crippen LogP contribution in [-0.4, -0.2) is 12.1 Å². The van der Waals surface area contributed by atoms with Gasteiger partial charge in [0, 0.05) is 12.1 Å². The van der Waals surface area contributed by atoms with Gasteiger partial charge in [-0.05, 0) is 43.9 Å². The average molecular weight is 251 g/mol. The van der Waals surface area contributed by atoms with Crippen LogP contribution in [0.5, 0.6) is 0 Å². The Hall–Kier alpha value is -0.0400. The summed E-state index contributed by atoms with van der Waals surface area (Å²) in [7, 11) is 0. The van der Waals surface area contributed by atoms with Crippen LogP contribution in [0.15, 0.2) is 0 Å². The fourth-order valence-electron chi connectivity index (χ4n) is 3.94. The van der Waals surface area contributed by atoms with Crippen LogP contribution in [0.1, 0.15) is 84.5 Å². The summed E-state index contributed by atoms with van der Waals surface area (Å²) in [6.45, 7) is 4.81. The molecule has 2 unspecified atom stereocenters. The van der Waals surface area contributed by atoms with Gasteiger partial charge in [-0.2, -0.15) is 0 Å². The molecule has 2 aliphatic rings. The topological polar surface area (TPSA) is 12.0 Å². The van der Waals surface area contributed by atoms with E-state index < -0.39 is 0 Å². The zero-order chi connectivity index (χ0) is 12.8. The van der Waals surface area contributed by atoms with E-state index in [0.717, 1.165) is 23.9 Å². The van der Waals surface area contributed by atoms with Gasteiger partial charge < -0.3 is 5.32 Å². The van der Waals surface area contributed by atoms with Gasteiger partial charge in [0.1, 0.15) is 0 Å². The molecule has 0 heterocycles. The second-order valence-electron chi connectivity index (χ2n) is 7.06. The molecule has 2 aliphatic carbocycles. The first kappa shape index (κ1) is 14.4. The zero-order valence-corrected chi connectivity index (χ0v) is 12.6. The molecule has 0 aromatic carbocycles. The quantitative estimate of drug-likeness (QED) is 0.703.